The highest BCUT2D eigenvalue weighted by molar-refractivity contribution is 7.99. The molecular weight excluding hydrogens is 244 g/mol. The summed E-state index contributed by atoms with van der Waals surface area (Å²) in [6.07, 6.45) is 0.701. The van der Waals surface area contributed by atoms with Gasteiger partial charge in [-0.2, -0.15) is 0 Å². The summed E-state index contributed by atoms with van der Waals surface area (Å²) in [6, 6.07) is 8.42. The fourth-order valence-corrected chi connectivity index (χ4v) is 2.65. The largest absolute Gasteiger partial charge is 0.469 e. The van der Waals surface area contributed by atoms with Crippen molar-refractivity contribution in [2.75, 3.05) is 7.11 Å². The van der Waals surface area contributed by atoms with E-state index in [1.807, 2.05) is 25.6 Å². The predicted molar refractivity (Wildman–Crippen MR) is 76.9 cm³/mol. The van der Waals surface area contributed by atoms with Crippen LogP contribution >= 0.6 is 11.8 Å². The molecule has 1 aromatic rings. The molecule has 0 spiro atoms. The molecule has 0 heterocycles. The second-order valence-electron chi connectivity index (χ2n) is 5.36. The number of carbonyl (C=O) groups is 1. The van der Waals surface area contributed by atoms with E-state index in [1.165, 1.54) is 17.6 Å². The molecule has 0 amide bonds. The molecule has 0 unspecified atom stereocenters. The van der Waals surface area contributed by atoms with Crippen LogP contribution in [0.2, 0.25) is 0 Å². The fourth-order valence-electron chi connectivity index (χ4n) is 1.82. The van der Waals surface area contributed by atoms with E-state index in [4.69, 9.17) is 4.74 Å². The number of hydrogen-bond acceptors (Lipinski definition) is 3. The van der Waals surface area contributed by atoms with Crippen LogP contribution in [0.15, 0.2) is 29.2 Å². The van der Waals surface area contributed by atoms with Crippen molar-refractivity contribution in [2.45, 2.75) is 44.3 Å². The second-order valence-corrected chi connectivity index (χ2v) is 7.01. The Bertz CT molecular complexity index is 393. The molecule has 1 aromatic carbocycles. The van der Waals surface area contributed by atoms with Gasteiger partial charge in [0.15, 0.2) is 0 Å². The Morgan fingerprint density at radius 2 is 1.83 bits per heavy atom. The first-order valence-corrected chi connectivity index (χ1v) is 7.07. The topological polar surface area (TPSA) is 26.3 Å². The molecule has 100 valence electrons. The Kier molecular flexibility index (Phi) is 5.27. The maximum absolute atomic E-state index is 11.6. The highest BCUT2D eigenvalue weighted by Gasteiger charge is 2.28. The van der Waals surface area contributed by atoms with E-state index >= 15 is 0 Å². The maximum atomic E-state index is 11.6. The van der Waals surface area contributed by atoms with Crippen molar-refractivity contribution in [1.82, 2.24) is 0 Å². The molecular formula is C15H22O2S. The van der Waals surface area contributed by atoms with E-state index in [9.17, 15) is 4.79 Å². The van der Waals surface area contributed by atoms with E-state index in [0.29, 0.717) is 11.7 Å². The van der Waals surface area contributed by atoms with E-state index in [1.54, 1.807) is 0 Å². The van der Waals surface area contributed by atoms with Crippen LogP contribution in [0.3, 0.4) is 0 Å². The van der Waals surface area contributed by atoms with Crippen LogP contribution in [0.25, 0.3) is 0 Å². The Balaban J connectivity index is 2.72. The van der Waals surface area contributed by atoms with E-state index < -0.39 is 5.41 Å². The van der Waals surface area contributed by atoms with Crippen LogP contribution in [-0.2, 0) is 16.0 Å². The Hall–Kier alpha value is -0.960. The van der Waals surface area contributed by atoms with Crippen molar-refractivity contribution in [3.8, 4) is 0 Å². The van der Waals surface area contributed by atoms with Crippen LogP contribution in [0, 0.1) is 5.41 Å². The summed E-state index contributed by atoms with van der Waals surface area (Å²) in [7, 11) is 1.44. The van der Waals surface area contributed by atoms with Gasteiger partial charge in [0, 0.05) is 10.1 Å². The van der Waals surface area contributed by atoms with Gasteiger partial charge in [0.25, 0.3) is 0 Å². The number of ether oxygens (including phenoxy) is 1. The molecule has 0 aromatic heterocycles. The smallest absolute Gasteiger partial charge is 0.311 e. The van der Waals surface area contributed by atoms with Crippen molar-refractivity contribution < 1.29 is 9.53 Å². The molecule has 0 radical (unpaired) electrons. The number of methoxy groups -OCH3 is 1. The summed E-state index contributed by atoms with van der Waals surface area (Å²) in [6.45, 7) is 8.18. The third-order valence-electron chi connectivity index (χ3n) is 2.68. The third-order valence-corrected chi connectivity index (χ3v) is 3.69. The van der Waals surface area contributed by atoms with Crippen LogP contribution in [0.1, 0.15) is 33.3 Å². The lowest BCUT2D eigenvalue weighted by Crippen LogP contribution is -2.27. The van der Waals surface area contributed by atoms with E-state index in [2.05, 4.69) is 38.1 Å². The summed E-state index contributed by atoms with van der Waals surface area (Å²) in [5, 5.41) is 0.586. The Morgan fingerprint density at radius 1 is 1.28 bits per heavy atom. The molecule has 3 heteroatoms. The molecule has 0 bridgehead atoms. The molecule has 0 saturated heterocycles. The molecule has 1 rings (SSSR count). The first kappa shape index (κ1) is 15.1. The summed E-state index contributed by atoms with van der Waals surface area (Å²) in [4.78, 5) is 12.9. The molecule has 0 atom stereocenters. The van der Waals surface area contributed by atoms with Crippen LogP contribution in [0.4, 0.5) is 0 Å². The number of benzene rings is 1. The van der Waals surface area contributed by atoms with Gasteiger partial charge in [0.05, 0.1) is 12.5 Å². The zero-order valence-electron chi connectivity index (χ0n) is 11.8. The SMILES string of the molecule is COC(=O)C(C)(C)Cc1ccc(SC(C)C)cc1. The standard InChI is InChI=1S/C15H22O2S/c1-11(2)18-13-8-6-12(7-9-13)10-15(3,4)14(16)17-5/h6-9,11H,10H2,1-5H3. The fraction of sp³-hybridized carbons (Fsp3) is 0.533. The van der Waals surface area contributed by atoms with Gasteiger partial charge in [-0.05, 0) is 38.0 Å². The summed E-state index contributed by atoms with van der Waals surface area (Å²) < 4.78 is 4.82. The Morgan fingerprint density at radius 3 is 2.28 bits per heavy atom. The van der Waals surface area contributed by atoms with Gasteiger partial charge in [-0.1, -0.05) is 26.0 Å². The molecule has 18 heavy (non-hydrogen) atoms. The van der Waals surface area contributed by atoms with Crippen LogP contribution in [-0.4, -0.2) is 18.3 Å². The average molecular weight is 266 g/mol. The highest BCUT2D eigenvalue weighted by atomic mass is 32.2. The molecule has 0 saturated carbocycles. The lowest BCUT2D eigenvalue weighted by atomic mass is 9.86. The maximum Gasteiger partial charge on any atom is 0.311 e. The van der Waals surface area contributed by atoms with Crippen molar-refractivity contribution >= 4 is 17.7 Å². The molecule has 0 fully saturated rings. The van der Waals surface area contributed by atoms with Crippen LogP contribution in [0.5, 0.6) is 0 Å². The van der Waals surface area contributed by atoms with Gasteiger partial charge < -0.3 is 4.74 Å². The molecule has 0 aliphatic carbocycles. The van der Waals surface area contributed by atoms with Crippen molar-refractivity contribution in [2.24, 2.45) is 5.41 Å². The van der Waals surface area contributed by atoms with Crippen molar-refractivity contribution in [1.29, 1.82) is 0 Å². The summed E-state index contributed by atoms with van der Waals surface area (Å²) >= 11 is 1.84. The van der Waals surface area contributed by atoms with Gasteiger partial charge in [-0.15, -0.1) is 11.8 Å². The molecule has 0 N–H and O–H groups in total. The van der Waals surface area contributed by atoms with Gasteiger partial charge in [-0.3, -0.25) is 4.79 Å². The lowest BCUT2D eigenvalue weighted by Gasteiger charge is -2.21. The van der Waals surface area contributed by atoms with Gasteiger partial charge in [0.2, 0.25) is 0 Å². The normalized spacial score (nSPS) is 11.7. The second kappa shape index (κ2) is 6.28. The lowest BCUT2D eigenvalue weighted by molar-refractivity contribution is -0.150. The number of thioether (sulfide) groups is 1. The number of esters is 1. The monoisotopic (exact) mass is 266 g/mol. The average Bonchev–Trinajstić information content (AvgIpc) is 2.29. The van der Waals surface area contributed by atoms with E-state index in [0.717, 1.165) is 0 Å². The highest BCUT2D eigenvalue weighted by Crippen LogP contribution is 2.26. The van der Waals surface area contributed by atoms with Crippen molar-refractivity contribution in [3.05, 3.63) is 29.8 Å². The quantitative estimate of drug-likeness (QED) is 0.596. The van der Waals surface area contributed by atoms with Crippen molar-refractivity contribution in [3.63, 3.8) is 0 Å². The Labute approximate surface area is 114 Å². The summed E-state index contributed by atoms with van der Waals surface area (Å²) in [5.74, 6) is -0.164. The van der Waals surface area contributed by atoms with E-state index in [-0.39, 0.29) is 5.97 Å². The molecule has 2 nitrogen and oxygen atoms in total. The predicted octanol–water partition coefficient (Wildman–Crippen LogP) is 3.93. The first-order chi connectivity index (χ1) is 8.35. The summed E-state index contributed by atoms with van der Waals surface area (Å²) in [5.41, 5.74) is 0.695. The number of hydrogen-bond donors (Lipinski definition) is 0. The minimum atomic E-state index is -0.471. The zero-order chi connectivity index (χ0) is 13.8. The third kappa shape index (κ3) is 4.37. The van der Waals surface area contributed by atoms with Gasteiger partial charge >= 0.3 is 5.97 Å². The first-order valence-electron chi connectivity index (χ1n) is 6.19. The minimum absolute atomic E-state index is 0.164. The number of rotatable bonds is 5. The minimum Gasteiger partial charge on any atom is -0.469 e. The van der Waals surface area contributed by atoms with Crippen LogP contribution < -0.4 is 0 Å². The zero-order valence-corrected chi connectivity index (χ0v) is 12.6. The molecule has 0 aliphatic rings. The number of carbonyl (C=O) groups excluding carboxylic acids is 1. The van der Waals surface area contributed by atoms with Gasteiger partial charge in [0.1, 0.15) is 0 Å². The molecule has 0 aliphatic heterocycles. The van der Waals surface area contributed by atoms with Gasteiger partial charge in [-0.25, -0.2) is 0 Å².